The van der Waals surface area contributed by atoms with Crippen LogP contribution < -0.4 is 5.73 Å². The Morgan fingerprint density at radius 2 is 2.25 bits per heavy atom. The first-order valence-corrected chi connectivity index (χ1v) is 6.54. The number of nitrogens with two attached hydrogens (primary N) is 1. The number of amides is 2. The van der Waals surface area contributed by atoms with E-state index in [1.807, 2.05) is 30.3 Å². The molecule has 1 aliphatic rings. The summed E-state index contributed by atoms with van der Waals surface area (Å²) < 4.78 is 0. The maximum atomic E-state index is 11.9. The van der Waals surface area contributed by atoms with Crippen LogP contribution in [-0.4, -0.2) is 28.2 Å². The van der Waals surface area contributed by atoms with Crippen molar-refractivity contribution in [1.29, 1.82) is 0 Å². The van der Waals surface area contributed by atoms with Crippen molar-refractivity contribution >= 4 is 22.7 Å². The number of benzene rings is 1. The van der Waals surface area contributed by atoms with Crippen molar-refractivity contribution in [2.45, 2.75) is 13.0 Å². The fourth-order valence-corrected chi connectivity index (χ4v) is 2.55. The minimum Gasteiger partial charge on any atom is -0.369 e. The van der Waals surface area contributed by atoms with Gasteiger partial charge in [-0.25, -0.2) is 0 Å². The fourth-order valence-electron chi connectivity index (χ4n) is 2.55. The number of rotatable bonds is 3. The second kappa shape index (κ2) is 4.92. The number of primary amides is 1. The summed E-state index contributed by atoms with van der Waals surface area (Å²) >= 11 is 0. The smallest absolute Gasteiger partial charge is 0.223 e. The van der Waals surface area contributed by atoms with E-state index >= 15 is 0 Å². The number of fused-ring (bicyclic) bond motifs is 1. The number of likely N-dealkylation sites (tertiary alicyclic amines) is 1. The highest BCUT2D eigenvalue weighted by Crippen LogP contribution is 2.21. The lowest BCUT2D eigenvalue weighted by atomic mass is 10.1. The molecular formula is C15H15N3O2. The van der Waals surface area contributed by atoms with Gasteiger partial charge in [-0.2, -0.15) is 0 Å². The van der Waals surface area contributed by atoms with Gasteiger partial charge in [-0.05, 0) is 17.7 Å². The van der Waals surface area contributed by atoms with Crippen molar-refractivity contribution < 1.29 is 9.59 Å². The monoisotopic (exact) mass is 269 g/mol. The normalized spacial score (nSPS) is 18.7. The average molecular weight is 269 g/mol. The predicted octanol–water partition coefficient (Wildman–Crippen LogP) is 1.07. The van der Waals surface area contributed by atoms with Gasteiger partial charge in [0, 0.05) is 31.1 Å². The molecule has 2 heterocycles. The summed E-state index contributed by atoms with van der Waals surface area (Å²) in [4.78, 5) is 29.0. The Morgan fingerprint density at radius 1 is 1.40 bits per heavy atom. The third kappa shape index (κ3) is 2.34. The largest absolute Gasteiger partial charge is 0.369 e. The third-order valence-electron chi connectivity index (χ3n) is 3.66. The van der Waals surface area contributed by atoms with Gasteiger partial charge in [0.2, 0.25) is 11.8 Å². The van der Waals surface area contributed by atoms with Gasteiger partial charge in [0.05, 0.1) is 11.4 Å². The topological polar surface area (TPSA) is 76.3 Å². The van der Waals surface area contributed by atoms with Gasteiger partial charge >= 0.3 is 0 Å². The molecule has 2 amide bonds. The standard InChI is InChI=1S/C15H15N3O2/c16-15(20)12-7-14(19)18(9-12)8-10-3-4-11-2-1-5-17-13(11)6-10/h1-6,12H,7-9H2,(H2,16,20). The van der Waals surface area contributed by atoms with Crippen molar-refractivity contribution in [1.82, 2.24) is 9.88 Å². The molecule has 0 spiro atoms. The van der Waals surface area contributed by atoms with Crippen molar-refractivity contribution in [3.8, 4) is 0 Å². The van der Waals surface area contributed by atoms with Crippen LogP contribution in [0.1, 0.15) is 12.0 Å². The summed E-state index contributed by atoms with van der Waals surface area (Å²) in [7, 11) is 0. The van der Waals surface area contributed by atoms with Crippen LogP contribution in [0.4, 0.5) is 0 Å². The van der Waals surface area contributed by atoms with Gasteiger partial charge in [-0.1, -0.05) is 18.2 Å². The summed E-state index contributed by atoms with van der Waals surface area (Å²) in [5.41, 5.74) is 7.18. The lowest BCUT2D eigenvalue weighted by Gasteiger charge is -2.16. The lowest BCUT2D eigenvalue weighted by Crippen LogP contribution is -2.28. The van der Waals surface area contributed by atoms with Crippen LogP contribution in [0, 0.1) is 5.92 Å². The molecule has 1 aromatic carbocycles. The summed E-state index contributed by atoms with van der Waals surface area (Å²) in [6.07, 6.45) is 1.97. The molecule has 0 bridgehead atoms. The number of nitrogens with zero attached hydrogens (tertiary/aromatic N) is 2. The van der Waals surface area contributed by atoms with Crippen molar-refractivity contribution in [2.75, 3.05) is 6.54 Å². The minimum absolute atomic E-state index is 0.0186. The van der Waals surface area contributed by atoms with E-state index in [-0.39, 0.29) is 18.2 Å². The molecule has 102 valence electrons. The van der Waals surface area contributed by atoms with E-state index in [0.717, 1.165) is 16.5 Å². The van der Waals surface area contributed by atoms with E-state index < -0.39 is 5.91 Å². The van der Waals surface area contributed by atoms with E-state index in [2.05, 4.69) is 4.98 Å². The molecule has 5 nitrogen and oxygen atoms in total. The Labute approximate surface area is 116 Å². The molecule has 0 radical (unpaired) electrons. The highest BCUT2D eigenvalue weighted by molar-refractivity contribution is 5.88. The Kier molecular flexibility index (Phi) is 3.10. The number of pyridine rings is 1. The molecule has 1 fully saturated rings. The molecule has 0 aliphatic carbocycles. The zero-order valence-corrected chi connectivity index (χ0v) is 11.0. The number of hydrogen-bond donors (Lipinski definition) is 1. The molecule has 3 rings (SSSR count). The first-order valence-electron chi connectivity index (χ1n) is 6.54. The second-order valence-corrected chi connectivity index (χ2v) is 5.11. The highest BCUT2D eigenvalue weighted by Gasteiger charge is 2.32. The van der Waals surface area contributed by atoms with Crippen LogP contribution in [0.15, 0.2) is 36.5 Å². The van der Waals surface area contributed by atoms with Crippen LogP contribution in [0.25, 0.3) is 10.9 Å². The third-order valence-corrected chi connectivity index (χ3v) is 3.66. The maximum Gasteiger partial charge on any atom is 0.223 e. The molecule has 1 aromatic heterocycles. The van der Waals surface area contributed by atoms with Gasteiger partial charge in [0.15, 0.2) is 0 Å². The summed E-state index contributed by atoms with van der Waals surface area (Å²) in [6.45, 7) is 0.906. The Balaban J connectivity index is 1.79. The molecular weight excluding hydrogens is 254 g/mol. The van der Waals surface area contributed by atoms with Gasteiger partial charge in [-0.3, -0.25) is 14.6 Å². The maximum absolute atomic E-state index is 11.9. The molecule has 1 aliphatic heterocycles. The summed E-state index contributed by atoms with van der Waals surface area (Å²) in [5.74, 6) is -0.781. The van der Waals surface area contributed by atoms with Crippen molar-refractivity contribution in [3.05, 3.63) is 42.1 Å². The molecule has 2 aromatic rings. The van der Waals surface area contributed by atoms with Crippen LogP contribution in [0.5, 0.6) is 0 Å². The molecule has 1 unspecified atom stereocenters. The second-order valence-electron chi connectivity index (χ2n) is 5.11. The van der Waals surface area contributed by atoms with Crippen LogP contribution >= 0.6 is 0 Å². The Hall–Kier alpha value is -2.43. The number of carbonyl (C=O) groups is 2. The minimum atomic E-state index is -0.402. The van der Waals surface area contributed by atoms with Crippen molar-refractivity contribution in [3.63, 3.8) is 0 Å². The van der Waals surface area contributed by atoms with E-state index in [9.17, 15) is 9.59 Å². The number of hydrogen-bond acceptors (Lipinski definition) is 3. The van der Waals surface area contributed by atoms with Gasteiger partial charge in [-0.15, -0.1) is 0 Å². The SMILES string of the molecule is NC(=O)C1CC(=O)N(Cc2ccc3cccnc3c2)C1. The quantitative estimate of drug-likeness (QED) is 0.905. The molecule has 0 saturated carbocycles. The average Bonchev–Trinajstić information content (AvgIpc) is 2.80. The first kappa shape index (κ1) is 12.6. The molecule has 1 saturated heterocycles. The zero-order valence-electron chi connectivity index (χ0n) is 11.0. The molecule has 20 heavy (non-hydrogen) atoms. The first-order chi connectivity index (χ1) is 9.63. The summed E-state index contributed by atoms with van der Waals surface area (Å²) in [6, 6.07) is 9.83. The van der Waals surface area contributed by atoms with Crippen LogP contribution in [-0.2, 0) is 16.1 Å². The number of carbonyl (C=O) groups excluding carboxylic acids is 2. The van der Waals surface area contributed by atoms with E-state index in [4.69, 9.17) is 5.73 Å². The predicted molar refractivity (Wildman–Crippen MR) is 74.5 cm³/mol. The Bertz CT molecular complexity index is 684. The fraction of sp³-hybridized carbons (Fsp3) is 0.267. The van der Waals surface area contributed by atoms with Gasteiger partial charge < -0.3 is 10.6 Å². The van der Waals surface area contributed by atoms with Crippen LogP contribution in [0.2, 0.25) is 0 Å². The van der Waals surface area contributed by atoms with E-state index in [1.54, 1.807) is 11.1 Å². The molecule has 1 atom stereocenters. The van der Waals surface area contributed by atoms with E-state index in [1.165, 1.54) is 0 Å². The molecule has 2 N–H and O–H groups in total. The van der Waals surface area contributed by atoms with Crippen LogP contribution in [0.3, 0.4) is 0 Å². The zero-order chi connectivity index (χ0) is 14.1. The van der Waals surface area contributed by atoms with Gasteiger partial charge in [0.1, 0.15) is 0 Å². The van der Waals surface area contributed by atoms with Crippen molar-refractivity contribution in [2.24, 2.45) is 11.7 Å². The van der Waals surface area contributed by atoms with Gasteiger partial charge in [0.25, 0.3) is 0 Å². The Morgan fingerprint density at radius 3 is 3.00 bits per heavy atom. The van der Waals surface area contributed by atoms with E-state index in [0.29, 0.717) is 13.1 Å². The lowest BCUT2D eigenvalue weighted by molar-refractivity contribution is -0.128. The molecule has 5 heteroatoms. The summed E-state index contributed by atoms with van der Waals surface area (Å²) in [5, 5.41) is 1.07. The highest BCUT2D eigenvalue weighted by atomic mass is 16.2. The number of aromatic nitrogens is 1.